The Labute approximate surface area is 96.9 Å². The largest absolute Gasteiger partial charge is 0.396 e. The van der Waals surface area contributed by atoms with E-state index in [0.29, 0.717) is 12.5 Å². The second-order valence-corrected chi connectivity index (χ2v) is 4.60. The molecular weight excluding hydrogens is 202 g/mol. The lowest BCUT2D eigenvalue weighted by Crippen LogP contribution is -2.36. The topological polar surface area (TPSA) is 41.3 Å². The first-order valence-electron chi connectivity index (χ1n) is 6.15. The zero-order chi connectivity index (χ0) is 11.4. The summed E-state index contributed by atoms with van der Waals surface area (Å²) < 4.78 is 2.18. The molecule has 0 aromatic carbocycles. The number of nitrogens with zero attached hydrogens (tertiary/aromatic N) is 3. The Kier molecular flexibility index (Phi) is 3.96. The van der Waals surface area contributed by atoms with Gasteiger partial charge in [-0.2, -0.15) is 0 Å². The Morgan fingerprint density at radius 3 is 3.19 bits per heavy atom. The molecule has 1 N–H and O–H groups in total. The minimum absolute atomic E-state index is 0.323. The smallest absolute Gasteiger partial charge is 0.0948 e. The standard InChI is InChI=1S/C12H21N3O/c1-2-15-10-13-6-12(15)8-14-5-3-4-11(7-14)9-16/h6,10-11,16H,2-5,7-9H2,1H3. The first-order chi connectivity index (χ1) is 7.83. The van der Waals surface area contributed by atoms with Gasteiger partial charge in [-0.15, -0.1) is 0 Å². The van der Waals surface area contributed by atoms with Crippen molar-refractivity contribution < 1.29 is 5.11 Å². The second-order valence-electron chi connectivity index (χ2n) is 4.60. The average Bonchev–Trinajstić information content (AvgIpc) is 2.76. The molecule has 1 fully saturated rings. The molecule has 0 bridgehead atoms. The van der Waals surface area contributed by atoms with Gasteiger partial charge >= 0.3 is 0 Å². The number of imidazole rings is 1. The fourth-order valence-corrected chi connectivity index (χ4v) is 2.44. The Morgan fingerprint density at radius 1 is 1.56 bits per heavy atom. The summed E-state index contributed by atoms with van der Waals surface area (Å²) in [6.45, 7) is 6.56. The molecule has 1 aromatic rings. The summed E-state index contributed by atoms with van der Waals surface area (Å²) in [6.07, 6.45) is 6.21. The predicted octanol–water partition coefficient (Wildman–Crippen LogP) is 1.11. The highest BCUT2D eigenvalue weighted by Crippen LogP contribution is 2.17. The molecule has 2 heterocycles. The molecule has 1 aromatic heterocycles. The van der Waals surface area contributed by atoms with Crippen molar-refractivity contribution >= 4 is 0 Å². The van der Waals surface area contributed by atoms with E-state index in [-0.39, 0.29) is 0 Å². The quantitative estimate of drug-likeness (QED) is 0.831. The lowest BCUT2D eigenvalue weighted by molar-refractivity contribution is 0.114. The summed E-state index contributed by atoms with van der Waals surface area (Å²) in [6, 6.07) is 0. The molecule has 0 aliphatic carbocycles. The third kappa shape index (κ3) is 2.62. The van der Waals surface area contributed by atoms with E-state index in [1.165, 1.54) is 18.5 Å². The van der Waals surface area contributed by atoms with E-state index in [9.17, 15) is 5.11 Å². The molecule has 0 saturated carbocycles. The minimum atomic E-state index is 0.323. The number of piperidine rings is 1. The maximum absolute atomic E-state index is 9.19. The summed E-state index contributed by atoms with van der Waals surface area (Å²) in [7, 11) is 0. The van der Waals surface area contributed by atoms with Crippen molar-refractivity contribution in [2.75, 3.05) is 19.7 Å². The molecule has 4 nitrogen and oxygen atoms in total. The van der Waals surface area contributed by atoms with Crippen LogP contribution in [0, 0.1) is 5.92 Å². The van der Waals surface area contributed by atoms with E-state index >= 15 is 0 Å². The third-order valence-electron chi connectivity index (χ3n) is 3.39. The van der Waals surface area contributed by atoms with Gasteiger partial charge in [0.1, 0.15) is 0 Å². The van der Waals surface area contributed by atoms with Gasteiger partial charge in [-0.3, -0.25) is 4.90 Å². The number of aliphatic hydroxyl groups excluding tert-OH is 1. The van der Waals surface area contributed by atoms with Crippen molar-refractivity contribution in [1.82, 2.24) is 14.5 Å². The molecule has 16 heavy (non-hydrogen) atoms. The van der Waals surface area contributed by atoms with Crippen LogP contribution in [0.5, 0.6) is 0 Å². The molecule has 1 saturated heterocycles. The van der Waals surface area contributed by atoms with Gasteiger partial charge in [0.25, 0.3) is 0 Å². The highest BCUT2D eigenvalue weighted by Gasteiger charge is 2.19. The summed E-state index contributed by atoms with van der Waals surface area (Å²) >= 11 is 0. The van der Waals surface area contributed by atoms with Crippen molar-refractivity contribution in [2.24, 2.45) is 5.92 Å². The molecule has 0 radical (unpaired) electrons. The van der Waals surface area contributed by atoms with Crippen LogP contribution in [0.15, 0.2) is 12.5 Å². The van der Waals surface area contributed by atoms with Gasteiger partial charge in [0.05, 0.1) is 12.0 Å². The SMILES string of the molecule is CCn1cncc1CN1CCCC(CO)C1. The van der Waals surface area contributed by atoms with Crippen LogP contribution in [0.4, 0.5) is 0 Å². The summed E-state index contributed by atoms with van der Waals surface area (Å²) in [5.41, 5.74) is 1.28. The first-order valence-corrected chi connectivity index (χ1v) is 6.15. The predicted molar refractivity (Wildman–Crippen MR) is 63.0 cm³/mol. The fourth-order valence-electron chi connectivity index (χ4n) is 2.44. The number of hydrogen-bond donors (Lipinski definition) is 1. The average molecular weight is 223 g/mol. The van der Waals surface area contributed by atoms with Crippen LogP contribution in [0.25, 0.3) is 0 Å². The van der Waals surface area contributed by atoms with Crippen molar-refractivity contribution in [3.8, 4) is 0 Å². The number of aliphatic hydroxyl groups is 1. The number of likely N-dealkylation sites (tertiary alicyclic amines) is 1. The van der Waals surface area contributed by atoms with E-state index in [1.54, 1.807) is 0 Å². The molecule has 1 unspecified atom stereocenters. The molecular formula is C12H21N3O. The van der Waals surface area contributed by atoms with Crippen molar-refractivity contribution in [1.29, 1.82) is 0 Å². The molecule has 2 rings (SSSR count). The normalized spacial score (nSPS) is 22.5. The zero-order valence-electron chi connectivity index (χ0n) is 9.97. The number of rotatable bonds is 4. The van der Waals surface area contributed by atoms with Crippen LogP contribution in [0.1, 0.15) is 25.5 Å². The van der Waals surface area contributed by atoms with Gasteiger partial charge in [-0.1, -0.05) is 0 Å². The molecule has 0 spiro atoms. The minimum Gasteiger partial charge on any atom is -0.396 e. The molecule has 1 atom stereocenters. The monoisotopic (exact) mass is 223 g/mol. The highest BCUT2D eigenvalue weighted by molar-refractivity contribution is 4.98. The molecule has 1 aliphatic rings. The van der Waals surface area contributed by atoms with Crippen LogP contribution >= 0.6 is 0 Å². The van der Waals surface area contributed by atoms with Crippen LogP contribution < -0.4 is 0 Å². The van der Waals surface area contributed by atoms with E-state index in [2.05, 4.69) is 21.4 Å². The fraction of sp³-hybridized carbons (Fsp3) is 0.750. The lowest BCUT2D eigenvalue weighted by atomic mass is 9.99. The second kappa shape index (κ2) is 5.46. The van der Waals surface area contributed by atoms with Gasteiger partial charge in [0, 0.05) is 32.4 Å². The third-order valence-corrected chi connectivity index (χ3v) is 3.39. The number of aromatic nitrogens is 2. The van der Waals surface area contributed by atoms with Crippen LogP contribution in [-0.2, 0) is 13.1 Å². The Balaban J connectivity index is 1.93. The molecule has 90 valence electrons. The zero-order valence-corrected chi connectivity index (χ0v) is 9.97. The maximum Gasteiger partial charge on any atom is 0.0948 e. The van der Waals surface area contributed by atoms with Crippen molar-refractivity contribution in [3.63, 3.8) is 0 Å². The van der Waals surface area contributed by atoms with Gasteiger partial charge in [0.2, 0.25) is 0 Å². The van der Waals surface area contributed by atoms with Crippen molar-refractivity contribution in [3.05, 3.63) is 18.2 Å². The van der Waals surface area contributed by atoms with E-state index in [1.807, 2.05) is 12.5 Å². The Morgan fingerprint density at radius 2 is 2.44 bits per heavy atom. The van der Waals surface area contributed by atoms with Crippen LogP contribution in [-0.4, -0.2) is 39.3 Å². The Bertz CT molecular complexity index is 324. The Hall–Kier alpha value is -0.870. The van der Waals surface area contributed by atoms with E-state index in [4.69, 9.17) is 0 Å². The first kappa shape index (κ1) is 11.6. The molecule has 1 aliphatic heterocycles. The number of aryl methyl sites for hydroxylation is 1. The highest BCUT2D eigenvalue weighted by atomic mass is 16.3. The lowest BCUT2D eigenvalue weighted by Gasteiger charge is -2.31. The van der Waals surface area contributed by atoms with Crippen molar-refractivity contribution in [2.45, 2.75) is 32.9 Å². The number of hydrogen-bond acceptors (Lipinski definition) is 3. The van der Waals surface area contributed by atoms with Gasteiger partial charge < -0.3 is 9.67 Å². The summed E-state index contributed by atoms with van der Waals surface area (Å²) in [4.78, 5) is 6.61. The molecule has 0 amide bonds. The van der Waals surface area contributed by atoms with E-state index < -0.39 is 0 Å². The van der Waals surface area contributed by atoms with E-state index in [0.717, 1.165) is 26.2 Å². The van der Waals surface area contributed by atoms with Crippen LogP contribution in [0.2, 0.25) is 0 Å². The van der Waals surface area contributed by atoms with Gasteiger partial charge in [-0.05, 0) is 32.2 Å². The molecule has 4 heteroatoms. The maximum atomic E-state index is 9.19. The van der Waals surface area contributed by atoms with Gasteiger partial charge in [0.15, 0.2) is 0 Å². The van der Waals surface area contributed by atoms with Gasteiger partial charge in [-0.25, -0.2) is 4.98 Å². The summed E-state index contributed by atoms with van der Waals surface area (Å²) in [5.74, 6) is 0.465. The summed E-state index contributed by atoms with van der Waals surface area (Å²) in [5, 5.41) is 9.19. The van der Waals surface area contributed by atoms with Crippen LogP contribution in [0.3, 0.4) is 0 Å².